The van der Waals surface area contributed by atoms with E-state index in [0.717, 1.165) is 29.7 Å². The van der Waals surface area contributed by atoms with Crippen LogP contribution in [0, 0.1) is 0 Å². The zero-order chi connectivity index (χ0) is 14.0. The fourth-order valence-electron chi connectivity index (χ4n) is 2.21. The number of methoxy groups -OCH3 is 1. The van der Waals surface area contributed by atoms with Gasteiger partial charge in [-0.1, -0.05) is 0 Å². The number of hydrogen-bond acceptors (Lipinski definition) is 5. The number of esters is 1. The number of carbonyl (C=O) groups excluding carboxylic acids is 3. The lowest BCUT2D eigenvalue weighted by Crippen LogP contribution is -2.16. The standard InChI is InChI=1S/C13H15NO4S/c1-7(15)6-10(16)14-12-11(13(17)18-2)8-4-3-5-9(8)19-12/h3-6H2,1-2H3,(H,14,16). The van der Waals surface area contributed by atoms with Crippen LogP contribution < -0.4 is 5.32 Å². The van der Waals surface area contributed by atoms with E-state index in [1.54, 1.807) is 0 Å². The molecule has 0 bridgehead atoms. The number of anilines is 1. The highest BCUT2D eigenvalue weighted by Crippen LogP contribution is 2.39. The van der Waals surface area contributed by atoms with Crippen LogP contribution in [0.1, 0.15) is 40.6 Å². The average Bonchev–Trinajstić information content (AvgIpc) is 2.86. The van der Waals surface area contributed by atoms with Gasteiger partial charge in [0.05, 0.1) is 19.1 Å². The maximum Gasteiger partial charge on any atom is 0.341 e. The van der Waals surface area contributed by atoms with E-state index in [1.165, 1.54) is 25.4 Å². The second kappa shape index (κ2) is 5.52. The molecule has 1 aliphatic carbocycles. The first-order valence-electron chi connectivity index (χ1n) is 6.05. The zero-order valence-corrected chi connectivity index (χ0v) is 11.7. The minimum absolute atomic E-state index is 0.177. The van der Waals surface area contributed by atoms with Gasteiger partial charge in [-0.25, -0.2) is 4.79 Å². The molecule has 2 rings (SSSR count). The fourth-order valence-corrected chi connectivity index (χ4v) is 3.50. The van der Waals surface area contributed by atoms with Crippen LogP contribution in [0.25, 0.3) is 0 Å². The summed E-state index contributed by atoms with van der Waals surface area (Å²) in [6, 6.07) is 0. The van der Waals surface area contributed by atoms with Gasteiger partial charge in [-0.15, -0.1) is 11.3 Å². The van der Waals surface area contributed by atoms with Crippen LogP contribution in [0.5, 0.6) is 0 Å². The van der Waals surface area contributed by atoms with Crippen molar-refractivity contribution in [3.63, 3.8) is 0 Å². The monoisotopic (exact) mass is 281 g/mol. The summed E-state index contributed by atoms with van der Waals surface area (Å²) in [6.45, 7) is 1.36. The smallest absolute Gasteiger partial charge is 0.341 e. The minimum Gasteiger partial charge on any atom is -0.465 e. The van der Waals surface area contributed by atoms with E-state index >= 15 is 0 Å². The van der Waals surface area contributed by atoms with E-state index in [9.17, 15) is 14.4 Å². The molecule has 19 heavy (non-hydrogen) atoms. The number of carbonyl (C=O) groups is 3. The quantitative estimate of drug-likeness (QED) is 0.676. The number of fused-ring (bicyclic) bond motifs is 1. The summed E-state index contributed by atoms with van der Waals surface area (Å²) >= 11 is 1.40. The van der Waals surface area contributed by atoms with E-state index in [2.05, 4.69) is 5.32 Å². The van der Waals surface area contributed by atoms with Crippen molar-refractivity contribution in [2.75, 3.05) is 12.4 Å². The van der Waals surface area contributed by atoms with Crippen LogP contribution in [-0.2, 0) is 27.2 Å². The molecule has 0 fully saturated rings. The molecule has 0 spiro atoms. The lowest BCUT2D eigenvalue weighted by Gasteiger charge is -2.06. The summed E-state index contributed by atoms with van der Waals surface area (Å²) < 4.78 is 4.77. The molecular weight excluding hydrogens is 266 g/mol. The molecule has 0 saturated carbocycles. The van der Waals surface area contributed by atoms with Gasteiger partial charge >= 0.3 is 5.97 Å². The molecule has 0 aromatic carbocycles. The summed E-state index contributed by atoms with van der Waals surface area (Å²) in [4.78, 5) is 35.5. The molecule has 1 heterocycles. The Bertz CT molecular complexity index is 547. The average molecular weight is 281 g/mol. The van der Waals surface area contributed by atoms with Crippen LogP contribution in [0.15, 0.2) is 0 Å². The fraction of sp³-hybridized carbons (Fsp3) is 0.462. The second-order valence-electron chi connectivity index (χ2n) is 4.48. The Kier molecular flexibility index (Phi) is 3.99. The first-order valence-corrected chi connectivity index (χ1v) is 6.86. The van der Waals surface area contributed by atoms with Crippen molar-refractivity contribution in [2.45, 2.75) is 32.6 Å². The van der Waals surface area contributed by atoms with Gasteiger partial charge in [0.2, 0.25) is 5.91 Å². The zero-order valence-electron chi connectivity index (χ0n) is 10.9. The number of hydrogen-bond donors (Lipinski definition) is 1. The summed E-state index contributed by atoms with van der Waals surface area (Å²) in [5, 5.41) is 3.15. The number of nitrogens with one attached hydrogen (secondary N) is 1. The summed E-state index contributed by atoms with van der Waals surface area (Å²) in [5.41, 5.74) is 1.44. The van der Waals surface area contributed by atoms with Gasteiger partial charge in [-0.2, -0.15) is 0 Å². The Labute approximate surface area is 114 Å². The van der Waals surface area contributed by atoms with Gasteiger partial charge in [-0.05, 0) is 31.7 Å². The third-order valence-corrected chi connectivity index (χ3v) is 4.18. The predicted molar refractivity (Wildman–Crippen MR) is 71.6 cm³/mol. The van der Waals surface area contributed by atoms with Crippen molar-refractivity contribution in [2.24, 2.45) is 0 Å². The van der Waals surface area contributed by atoms with Gasteiger partial charge < -0.3 is 10.1 Å². The highest BCUT2D eigenvalue weighted by molar-refractivity contribution is 7.17. The van der Waals surface area contributed by atoms with Gasteiger partial charge in [0.1, 0.15) is 10.8 Å². The molecule has 1 N–H and O–H groups in total. The molecule has 0 atom stereocenters. The summed E-state index contributed by atoms with van der Waals surface area (Å²) in [5.74, 6) is -1.03. The molecule has 102 valence electrons. The normalized spacial score (nSPS) is 12.9. The second-order valence-corrected chi connectivity index (χ2v) is 5.59. The van der Waals surface area contributed by atoms with Crippen LogP contribution in [-0.4, -0.2) is 24.8 Å². The molecule has 0 saturated heterocycles. The van der Waals surface area contributed by atoms with Gasteiger partial charge in [-0.3, -0.25) is 9.59 Å². The molecular formula is C13H15NO4S. The van der Waals surface area contributed by atoms with Gasteiger partial charge in [0.25, 0.3) is 0 Å². The third kappa shape index (κ3) is 2.84. The summed E-state index contributed by atoms with van der Waals surface area (Å²) in [6.07, 6.45) is 2.60. The van der Waals surface area contributed by atoms with E-state index < -0.39 is 11.9 Å². The number of ketones is 1. The molecule has 0 radical (unpaired) electrons. The molecule has 6 heteroatoms. The van der Waals surface area contributed by atoms with Gasteiger partial charge in [0.15, 0.2) is 0 Å². The first kappa shape index (κ1) is 13.7. The highest BCUT2D eigenvalue weighted by atomic mass is 32.1. The topological polar surface area (TPSA) is 72.5 Å². The number of ether oxygens (including phenoxy) is 1. The van der Waals surface area contributed by atoms with Crippen LogP contribution in [0.3, 0.4) is 0 Å². The van der Waals surface area contributed by atoms with Gasteiger partial charge in [0, 0.05) is 4.88 Å². The third-order valence-electron chi connectivity index (χ3n) is 2.97. The SMILES string of the molecule is COC(=O)c1c(NC(=O)CC(C)=O)sc2c1CCC2. The van der Waals surface area contributed by atoms with E-state index in [-0.39, 0.29) is 12.2 Å². The van der Waals surface area contributed by atoms with Crippen molar-refractivity contribution in [3.05, 3.63) is 16.0 Å². The Balaban J connectivity index is 2.28. The minimum atomic E-state index is -0.433. The van der Waals surface area contributed by atoms with Crippen molar-refractivity contribution in [1.29, 1.82) is 0 Å². The highest BCUT2D eigenvalue weighted by Gasteiger charge is 2.27. The van der Waals surface area contributed by atoms with Crippen molar-refractivity contribution >= 4 is 34.0 Å². The Morgan fingerprint density at radius 1 is 1.32 bits per heavy atom. The maximum absolute atomic E-state index is 11.8. The van der Waals surface area contributed by atoms with E-state index in [1.807, 2.05) is 0 Å². The van der Waals surface area contributed by atoms with E-state index in [0.29, 0.717) is 10.6 Å². The lowest BCUT2D eigenvalue weighted by atomic mass is 10.1. The Morgan fingerprint density at radius 3 is 2.68 bits per heavy atom. The van der Waals surface area contributed by atoms with Crippen LogP contribution in [0.2, 0.25) is 0 Å². The number of thiophene rings is 1. The van der Waals surface area contributed by atoms with E-state index in [4.69, 9.17) is 4.74 Å². The number of Topliss-reactive ketones (excluding diaryl/α,β-unsaturated/α-hetero) is 1. The predicted octanol–water partition coefficient (Wildman–Crippen LogP) is 1.94. The molecule has 1 amide bonds. The van der Waals surface area contributed by atoms with Crippen molar-refractivity contribution in [1.82, 2.24) is 0 Å². The number of rotatable bonds is 4. The maximum atomic E-state index is 11.8. The molecule has 1 aliphatic rings. The lowest BCUT2D eigenvalue weighted by molar-refractivity contribution is -0.124. The molecule has 0 unspecified atom stereocenters. The molecule has 1 aromatic rings. The van der Waals surface area contributed by atoms with Crippen LogP contribution in [0.4, 0.5) is 5.00 Å². The largest absolute Gasteiger partial charge is 0.465 e. The summed E-state index contributed by atoms with van der Waals surface area (Å²) in [7, 11) is 1.32. The van der Waals surface area contributed by atoms with Crippen LogP contribution >= 0.6 is 11.3 Å². The number of amides is 1. The Morgan fingerprint density at radius 2 is 2.05 bits per heavy atom. The molecule has 5 nitrogen and oxygen atoms in total. The molecule has 1 aromatic heterocycles. The Hall–Kier alpha value is -1.69. The van der Waals surface area contributed by atoms with Crippen molar-refractivity contribution in [3.8, 4) is 0 Å². The van der Waals surface area contributed by atoms with Crippen molar-refractivity contribution < 1.29 is 19.1 Å². The first-order chi connectivity index (χ1) is 9.02. The number of aryl methyl sites for hydroxylation is 1. The molecule has 0 aliphatic heterocycles.